The molecule has 0 bridgehead atoms. The Morgan fingerprint density at radius 3 is 2.64 bits per heavy atom. The van der Waals surface area contributed by atoms with Gasteiger partial charge in [0, 0.05) is 17.4 Å². The number of hydrogen-bond donors (Lipinski definition) is 1. The third kappa shape index (κ3) is 2.98. The Morgan fingerprint density at radius 2 is 1.91 bits per heavy atom. The second kappa shape index (κ2) is 5.93. The van der Waals surface area contributed by atoms with E-state index < -0.39 is 10.0 Å². The molecule has 1 aromatic rings. The van der Waals surface area contributed by atoms with Gasteiger partial charge in [-0.15, -0.1) is 0 Å². The van der Waals surface area contributed by atoms with Crippen LogP contribution in [0.3, 0.4) is 0 Å². The molecule has 6 heteroatoms. The van der Waals surface area contributed by atoms with Crippen molar-refractivity contribution in [3.8, 4) is 11.5 Å². The first-order chi connectivity index (χ1) is 10.5. The zero-order chi connectivity index (χ0) is 15.6. The fourth-order valence-corrected chi connectivity index (χ4v) is 3.92. The fourth-order valence-electron chi connectivity index (χ4n) is 3.32. The molecule has 1 fully saturated rings. The van der Waals surface area contributed by atoms with E-state index in [9.17, 15) is 8.42 Å². The van der Waals surface area contributed by atoms with Crippen molar-refractivity contribution in [2.75, 3.05) is 13.3 Å². The van der Waals surface area contributed by atoms with Crippen LogP contribution in [0.4, 0.5) is 0 Å². The first kappa shape index (κ1) is 15.4. The molecule has 5 nitrogen and oxygen atoms in total. The summed E-state index contributed by atoms with van der Waals surface area (Å²) in [6.07, 6.45) is 5.33. The smallest absolute Gasteiger partial charge is 0.233 e. The van der Waals surface area contributed by atoms with Crippen molar-refractivity contribution < 1.29 is 17.9 Å². The molecule has 3 rings (SSSR count). The van der Waals surface area contributed by atoms with Gasteiger partial charge in [0.25, 0.3) is 0 Å². The summed E-state index contributed by atoms with van der Waals surface area (Å²) in [6.45, 7) is 3.99. The SMILES string of the molecule is C=CS(=O)(=O)NCC1(c2ccc3c(c2)OCO3)CCCCC1. The van der Waals surface area contributed by atoms with E-state index in [4.69, 9.17) is 9.47 Å². The van der Waals surface area contributed by atoms with Gasteiger partial charge in [0.15, 0.2) is 11.5 Å². The van der Waals surface area contributed by atoms with E-state index in [0.717, 1.165) is 48.2 Å². The summed E-state index contributed by atoms with van der Waals surface area (Å²) in [5.41, 5.74) is 0.929. The van der Waals surface area contributed by atoms with Crippen molar-refractivity contribution in [1.29, 1.82) is 0 Å². The van der Waals surface area contributed by atoms with Gasteiger partial charge in [-0.1, -0.05) is 31.9 Å². The van der Waals surface area contributed by atoms with Gasteiger partial charge in [0.05, 0.1) is 0 Å². The number of hydrogen-bond acceptors (Lipinski definition) is 4. The molecular formula is C16H21NO4S. The second-order valence-electron chi connectivity index (χ2n) is 5.94. The maximum Gasteiger partial charge on any atom is 0.233 e. The molecule has 1 aliphatic heterocycles. The summed E-state index contributed by atoms with van der Waals surface area (Å²) >= 11 is 0. The predicted molar refractivity (Wildman–Crippen MR) is 84.4 cm³/mol. The predicted octanol–water partition coefficient (Wildman–Crippen LogP) is 2.68. The normalized spacial score (nSPS) is 19.8. The minimum atomic E-state index is -3.42. The summed E-state index contributed by atoms with van der Waals surface area (Å²) in [7, 11) is -3.42. The Labute approximate surface area is 131 Å². The molecule has 1 saturated carbocycles. The van der Waals surface area contributed by atoms with Crippen LogP contribution in [0, 0.1) is 0 Å². The van der Waals surface area contributed by atoms with Crippen LogP contribution in [0.25, 0.3) is 0 Å². The van der Waals surface area contributed by atoms with E-state index in [0.29, 0.717) is 6.54 Å². The third-order valence-corrected chi connectivity index (χ3v) is 5.61. The number of rotatable bonds is 5. The largest absolute Gasteiger partial charge is 0.454 e. The van der Waals surface area contributed by atoms with Crippen LogP contribution in [-0.4, -0.2) is 21.8 Å². The Bertz CT molecular complexity index is 663. The summed E-state index contributed by atoms with van der Waals surface area (Å²) in [4.78, 5) is 0. The molecule has 0 saturated heterocycles. The standard InChI is InChI=1S/C16H21NO4S/c1-2-22(18,19)17-11-16(8-4-3-5-9-16)13-6-7-14-15(10-13)21-12-20-14/h2,6-7,10,17H,1,3-5,8-9,11-12H2. The lowest BCUT2D eigenvalue weighted by Gasteiger charge is -2.38. The van der Waals surface area contributed by atoms with Crippen molar-refractivity contribution in [1.82, 2.24) is 4.72 Å². The van der Waals surface area contributed by atoms with Crippen molar-refractivity contribution >= 4 is 10.0 Å². The van der Waals surface area contributed by atoms with Gasteiger partial charge >= 0.3 is 0 Å². The molecule has 1 heterocycles. The summed E-state index contributed by atoms with van der Waals surface area (Å²) < 4.78 is 36.9. The highest BCUT2D eigenvalue weighted by molar-refractivity contribution is 7.92. The van der Waals surface area contributed by atoms with Crippen LogP contribution in [0.5, 0.6) is 11.5 Å². The van der Waals surface area contributed by atoms with Gasteiger partial charge < -0.3 is 9.47 Å². The highest BCUT2D eigenvalue weighted by Gasteiger charge is 2.35. The first-order valence-electron chi connectivity index (χ1n) is 7.57. The van der Waals surface area contributed by atoms with Crippen molar-refractivity contribution in [2.24, 2.45) is 0 Å². The number of fused-ring (bicyclic) bond motifs is 1. The average molecular weight is 323 g/mol. The third-order valence-electron chi connectivity index (χ3n) is 4.63. The van der Waals surface area contributed by atoms with Crippen LogP contribution in [0.2, 0.25) is 0 Å². The lowest BCUT2D eigenvalue weighted by molar-refractivity contribution is 0.174. The lowest BCUT2D eigenvalue weighted by atomic mass is 9.69. The molecule has 2 aliphatic rings. The van der Waals surface area contributed by atoms with Crippen molar-refractivity contribution in [3.05, 3.63) is 35.7 Å². The number of sulfonamides is 1. The molecule has 22 heavy (non-hydrogen) atoms. The highest BCUT2D eigenvalue weighted by Crippen LogP contribution is 2.43. The van der Waals surface area contributed by atoms with Gasteiger partial charge in [-0.2, -0.15) is 0 Å². The topological polar surface area (TPSA) is 64.6 Å². The molecule has 0 atom stereocenters. The van der Waals surface area contributed by atoms with Gasteiger partial charge in [-0.05, 0) is 30.5 Å². The van der Waals surface area contributed by atoms with Crippen molar-refractivity contribution in [2.45, 2.75) is 37.5 Å². The van der Waals surface area contributed by atoms with Crippen LogP contribution in [0.15, 0.2) is 30.2 Å². The molecule has 120 valence electrons. The number of ether oxygens (including phenoxy) is 2. The molecule has 0 amide bonds. The monoisotopic (exact) mass is 323 g/mol. The number of nitrogens with one attached hydrogen (secondary N) is 1. The molecule has 1 N–H and O–H groups in total. The van der Waals surface area contributed by atoms with E-state index in [-0.39, 0.29) is 12.2 Å². The van der Waals surface area contributed by atoms with Crippen LogP contribution < -0.4 is 14.2 Å². The van der Waals surface area contributed by atoms with Gasteiger partial charge in [0.2, 0.25) is 16.8 Å². The number of benzene rings is 1. The van der Waals surface area contributed by atoms with Gasteiger partial charge in [0.1, 0.15) is 0 Å². The molecule has 0 aromatic heterocycles. The molecule has 0 radical (unpaired) electrons. The average Bonchev–Trinajstić information content (AvgIpc) is 3.01. The van der Waals surface area contributed by atoms with E-state index in [1.165, 1.54) is 6.42 Å². The van der Waals surface area contributed by atoms with Crippen LogP contribution in [0.1, 0.15) is 37.7 Å². The van der Waals surface area contributed by atoms with Crippen LogP contribution >= 0.6 is 0 Å². The fraction of sp³-hybridized carbons (Fsp3) is 0.500. The van der Waals surface area contributed by atoms with E-state index in [1.807, 2.05) is 18.2 Å². The summed E-state index contributed by atoms with van der Waals surface area (Å²) in [5, 5.41) is 0.961. The van der Waals surface area contributed by atoms with Crippen molar-refractivity contribution in [3.63, 3.8) is 0 Å². The van der Waals surface area contributed by atoms with E-state index in [1.54, 1.807) is 0 Å². The maximum atomic E-state index is 11.7. The lowest BCUT2D eigenvalue weighted by Crippen LogP contribution is -2.41. The van der Waals surface area contributed by atoms with Gasteiger partial charge in [-0.3, -0.25) is 0 Å². The maximum absolute atomic E-state index is 11.7. The minimum Gasteiger partial charge on any atom is -0.454 e. The zero-order valence-electron chi connectivity index (χ0n) is 12.5. The second-order valence-corrected chi connectivity index (χ2v) is 7.65. The van der Waals surface area contributed by atoms with Crippen LogP contribution in [-0.2, 0) is 15.4 Å². The Hall–Kier alpha value is -1.53. The highest BCUT2D eigenvalue weighted by atomic mass is 32.2. The molecule has 0 spiro atoms. The molecule has 1 aliphatic carbocycles. The van der Waals surface area contributed by atoms with E-state index in [2.05, 4.69) is 11.3 Å². The summed E-state index contributed by atoms with van der Waals surface area (Å²) in [6, 6.07) is 5.94. The summed E-state index contributed by atoms with van der Waals surface area (Å²) in [5.74, 6) is 1.50. The molecule has 0 unspecified atom stereocenters. The van der Waals surface area contributed by atoms with Gasteiger partial charge in [-0.25, -0.2) is 13.1 Å². The quantitative estimate of drug-likeness (QED) is 0.905. The Morgan fingerprint density at radius 1 is 1.18 bits per heavy atom. The minimum absolute atomic E-state index is 0.185. The molecule has 1 aromatic carbocycles. The first-order valence-corrected chi connectivity index (χ1v) is 9.12. The zero-order valence-corrected chi connectivity index (χ0v) is 13.3. The van der Waals surface area contributed by atoms with E-state index >= 15 is 0 Å². The Kier molecular flexibility index (Phi) is 4.14. The Balaban J connectivity index is 1.90. The molecular weight excluding hydrogens is 302 g/mol.